The number of hydrazone groups is 1. The van der Waals surface area contributed by atoms with Crippen LogP contribution in [0.1, 0.15) is 10.4 Å². The van der Waals surface area contributed by atoms with Crippen LogP contribution in [-0.4, -0.2) is 55.1 Å². The Balaban J connectivity index is 1.45. The second-order valence-corrected chi connectivity index (χ2v) is 8.96. The molecule has 8 heteroatoms. The van der Waals surface area contributed by atoms with Crippen LogP contribution in [0.2, 0.25) is 0 Å². The number of anilines is 1. The van der Waals surface area contributed by atoms with Crippen molar-refractivity contribution >= 4 is 40.3 Å². The monoisotopic (exact) mass is 481 g/mol. The summed E-state index contributed by atoms with van der Waals surface area (Å²) in [5.41, 5.74) is 0.885. The molecule has 2 fully saturated rings. The van der Waals surface area contributed by atoms with Gasteiger partial charge in [-0.15, -0.1) is 0 Å². The van der Waals surface area contributed by atoms with E-state index >= 15 is 0 Å². The van der Waals surface area contributed by atoms with Gasteiger partial charge in [0.15, 0.2) is 17.3 Å². The Morgan fingerprint density at radius 2 is 1.64 bits per heavy atom. The minimum Gasteiger partial charge on any atom is -0.493 e. The molecule has 3 aromatic rings. The first kappa shape index (κ1) is 22.0. The molecule has 3 heterocycles. The van der Waals surface area contributed by atoms with Gasteiger partial charge in [0.05, 0.1) is 37.8 Å². The first-order chi connectivity index (χ1) is 17.5. The fraction of sp³-hybridized carbons (Fsp3) is 0.214. The van der Waals surface area contributed by atoms with E-state index < -0.39 is 29.8 Å². The molecule has 6 rings (SSSR count). The van der Waals surface area contributed by atoms with Crippen molar-refractivity contribution in [3.63, 3.8) is 0 Å². The fourth-order valence-electron chi connectivity index (χ4n) is 5.64. The summed E-state index contributed by atoms with van der Waals surface area (Å²) in [6.07, 6.45) is 5.16. The average molecular weight is 482 g/mol. The van der Waals surface area contributed by atoms with Crippen LogP contribution in [0.25, 0.3) is 10.8 Å². The minimum atomic E-state index is -0.935. The van der Waals surface area contributed by atoms with E-state index in [1.54, 1.807) is 41.6 Å². The van der Waals surface area contributed by atoms with Gasteiger partial charge < -0.3 is 9.47 Å². The maximum Gasteiger partial charge on any atom is 0.240 e. The Morgan fingerprint density at radius 1 is 0.889 bits per heavy atom. The molecule has 0 N–H and O–H groups in total. The molecule has 0 unspecified atom stereocenters. The topological polar surface area (TPSA) is 88.5 Å². The van der Waals surface area contributed by atoms with E-state index in [4.69, 9.17) is 9.47 Å². The molecule has 4 atom stereocenters. The second-order valence-electron chi connectivity index (χ2n) is 8.96. The lowest BCUT2D eigenvalue weighted by molar-refractivity contribution is -0.123. The Labute approximate surface area is 207 Å². The molecule has 0 saturated carbocycles. The van der Waals surface area contributed by atoms with E-state index in [-0.39, 0.29) is 11.7 Å². The van der Waals surface area contributed by atoms with Crippen molar-refractivity contribution in [3.05, 3.63) is 78.4 Å². The van der Waals surface area contributed by atoms with Gasteiger partial charge in [-0.2, -0.15) is 5.10 Å². The quantitative estimate of drug-likeness (QED) is 0.410. The predicted octanol–water partition coefficient (Wildman–Crippen LogP) is 3.45. The normalized spacial score (nSPS) is 24.3. The summed E-state index contributed by atoms with van der Waals surface area (Å²) in [5.74, 6) is -1.71. The van der Waals surface area contributed by atoms with E-state index in [0.717, 1.165) is 10.8 Å². The highest BCUT2D eigenvalue weighted by Crippen LogP contribution is 2.47. The highest BCUT2D eigenvalue weighted by atomic mass is 16.5. The van der Waals surface area contributed by atoms with E-state index in [2.05, 4.69) is 5.10 Å². The standard InChI is InChI=1S/C28H23N3O5/c1-35-21-13-12-17(15-22(21)36-2)26(32)25-24-23(20-11-6-14-29-31(20)25)27(33)30(28(24)34)19-10-5-8-16-7-3-4-9-18(16)19/h3-15,20,23-25H,1-2H3/t20-,23+,24+,25-/m0/s1. The number of hydrogen-bond donors (Lipinski definition) is 0. The average Bonchev–Trinajstić information content (AvgIpc) is 3.39. The number of benzene rings is 3. The number of Topliss-reactive ketones (excluding diaryl/α,β-unsaturated/α-hetero) is 1. The summed E-state index contributed by atoms with van der Waals surface area (Å²) in [5, 5.41) is 7.75. The number of imide groups is 1. The molecule has 36 heavy (non-hydrogen) atoms. The van der Waals surface area contributed by atoms with Crippen LogP contribution < -0.4 is 14.4 Å². The van der Waals surface area contributed by atoms with Gasteiger partial charge in [-0.1, -0.05) is 42.5 Å². The van der Waals surface area contributed by atoms with Crippen LogP contribution in [0.5, 0.6) is 11.5 Å². The second kappa shape index (κ2) is 8.34. The highest BCUT2D eigenvalue weighted by molar-refractivity contribution is 6.27. The molecule has 8 nitrogen and oxygen atoms in total. The third-order valence-electron chi connectivity index (χ3n) is 7.24. The van der Waals surface area contributed by atoms with Crippen LogP contribution in [0.3, 0.4) is 0 Å². The minimum absolute atomic E-state index is 0.304. The molecule has 3 aliphatic heterocycles. The first-order valence-corrected chi connectivity index (χ1v) is 11.7. The number of carbonyl (C=O) groups excluding carboxylic acids is 3. The van der Waals surface area contributed by atoms with Gasteiger partial charge in [0.2, 0.25) is 11.8 Å². The molecule has 3 aliphatic rings. The van der Waals surface area contributed by atoms with Crippen molar-refractivity contribution in [1.82, 2.24) is 5.01 Å². The zero-order valence-electron chi connectivity index (χ0n) is 19.7. The van der Waals surface area contributed by atoms with Crippen molar-refractivity contribution < 1.29 is 23.9 Å². The van der Waals surface area contributed by atoms with Gasteiger partial charge in [-0.25, -0.2) is 4.90 Å². The van der Waals surface area contributed by atoms with Crippen molar-refractivity contribution in [2.24, 2.45) is 16.9 Å². The maximum absolute atomic E-state index is 14.0. The zero-order chi connectivity index (χ0) is 25.0. The molecular formula is C28H23N3O5. The number of allylic oxidation sites excluding steroid dienone is 1. The third kappa shape index (κ3) is 3.07. The number of amides is 2. The smallest absolute Gasteiger partial charge is 0.240 e. The van der Waals surface area contributed by atoms with Crippen LogP contribution in [-0.2, 0) is 9.59 Å². The number of methoxy groups -OCH3 is 2. The summed E-state index contributed by atoms with van der Waals surface area (Å²) in [6.45, 7) is 0. The van der Waals surface area contributed by atoms with Gasteiger partial charge in [0.1, 0.15) is 6.04 Å². The van der Waals surface area contributed by atoms with Crippen LogP contribution in [0.15, 0.2) is 77.9 Å². The van der Waals surface area contributed by atoms with Crippen LogP contribution in [0.4, 0.5) is 5.69 Å². The van der Waals surface area contributed by atoms with Gasteiger partial charge in [-0.3, -0.25) is 19.4 Å². The van der Waals surface area contributed by atoms with Crippen molar-refractivity contribution in [2.45, 2.75) is 12.1 Å². The Morgan fingerprint density at radius 3 is 2.44 bits per heavy atom. The summed E-state index contributed by atoms with van der Waals surface area (Å²) >= 11 is 0. The number of nitrogens with zero attached hydrogens (tertiary/aromatic N) is 3. The van der Waals surface area contributed by atoms with Gasteiger partial charge >= 0.3 is 0 Å². The SMILES string of the molecule is COc1ccc(C(=O)[C@@H]2[C@@H]3C(=O)N(c4cccc5ccccc45)C(=O)[C@@H]3[C@@H]3C=CC=NN23)cc1OC. The van der Waals surface area contributed by atoms with Gasteiger partial charge in [-0.05, 0) is 35.7 Å². The molecule has 180 valence electrons. The van der Waals surface area contributed by atoms with E-state index in [1.165, 1.54) is 19.1 Å². The molecule has 0 aliphatic carbocycles. The lowest BCUT2D eigenvalue weighted by Crippen LogP contribution is -2.46. The number of fused-ring (bicyclic) bond motifs is 4. The van der Waals surface area contributed by atoms with E-state index in [9.17, 15) is 14.4 Å². The molecule has 0 spiro atoms. The van der Waals surface area contributed by atoms with Crippen molar-refractivity contribution in [3.8, 4) is 11.5 Å². The summed E-state index contributed by atoms with van der Waals surface area (Å²) in [7, 11) is 3.01. The van der Waals surface area contributed by atoms with Gasteiger partial charge in [0, 0.05) is 17.2 Å². The number of hydrogen-bond acceptors (Lipinski definition) is 7. The number of ketones is 1. The largest absolute Gasteiger partial charge is 0.493 e. The highest BCUT2D eigenvalue weighted by Gasteiger charge is 2.64. The molecule has 3 aromatic carbocycles. The first-order valence-electron chi connectivity index (χ1n) is 11.7. The molecule has 0 bridgehead atoms. The summed E-state index contributed by atoms with van der Waals surface area (Å²) < 4.78 is 10.7. The molecule has 0 radical (unpaired) electrons. The summed E-state index contributed by atoms with van der Waals surface area (Å²) in [6, 6.07) is 16.6. The maximum atomic E-state index is 14.0. The molecule has 0 aromatic heterocycles. The fourth-order valence-corrected chi connectivity index (χ4v) is 5.64. The van der Waals surface area contributed by atoms with Crippen molar-refractivity contribution in [2.75, 3.05) is 19.1 Å². The Kier molecular flexibility index (Phi) is 5.10. The number of ether oxygens (including phenoxy) is 2. The molecule has 2 amide bonds. The van der Waals surface area contributed by atoms with E-state index in [0.29, 0.717) is 22.7 Å². The van der Waals surface area contributed by atoms with Crippen molar-refractivity contribution in [1.29, 1.82) is 0 Å². The third-order valence-corrected chi connectivity index (χ3v) is 7.24. The Hall–Kier alpha value is -4.46. The molecule has 2 saturated heterocycles. The Bertz CT molecular complexity index is 1470. The van der Waals surface area contributed by atoms with Crippen LogP contribution in [0, 0.1) is 11.8 Å². The lowest BCUT2D eigenvalue weighted by atomic mass is 9.86. The van der Waals surface area contributed by atoms with Gasteiger partial charge in [0.25, 0.3) is 0 Å². The summed E-state index contributed by atoms with van der Waals surface area (Å²) in [4.78, 5) is 43.0. The molecular weight excluding hydrogens is 458 g/mol. The number of rotatable bonds is 5. The number of carbonyl (C=O) groups is 3. The zero-order valence-corrected chi connectivity index (χ0v) is 19.7. The van der Waals surface area contributed by atoms with Crippen LogP contribution >= 0.6 is 0 Å². The van der Waals surface area contributed by atoms with E-state index in [1.807, 2.05) is 42.5 Å². The lowest BCUT2D eigenvalue weighted by Gasteiger charge is -2.30. The predicted molar refractivity (Wildman–Crippen MR) is 134 cm³/mol.